The minimum atomic E-state index is -0.348. The van der Waals surface area contributed by atoms with Crippen molar-refractivity contribution in [2.24, 2.45) is 0 Å². The summed E-state index contributed by atoms with van der Waals surface area (Å²) in [6.07, 6.45) is 0.270. The minimum Gasteiger partial charge on any atom is -0.454 e. The number of amides is 1. The predicted octanol–water partition coefficient (Wildman–Crippen LogP) is 1.04. The molecule has 0 unspecified atom stereocenters. The Hall–Kier alpha value is -2.08. The first-order valence-electron chi connectivity index (χ1n) is 7.61. The van der Waals surface area contributed by atoms with Crippen LogP contribution in [0.15, 0.2) is 18.2 Å². The molecule has 0 N–H and O–H groups in total. The van der Waals surface area contributed by atoms with Crippen LogP contribution in [0.25, 0.3) is 0 Å². The summed E-state index contributed by atoms with van der Waals surface area (Å²) in [5, 5.41) is 0. The SMILES string of the molecule is CCC(=O)C(=O)N1CCN(Cc2cccc3c2OCO3)CC1. The number of piperazine rings is 1. The van der Waals surface area contributed by atoms with E-state index in [0.29, 0.717) is 13.1 Å². The molecule has 118 valence electrons. The molecule has 1 saturated heterocycles. The highest BCUT2D eigenvalue weighted by atomic mass is 16.7. The van der Waals surface area contributed by atoms with E-state index in [9.17, 15) is 9.59 Å². The van der Waals surface area contributed by atoms with Crippen LogP contribution < -0.4 is 9.47 Å². The van der Waals surface area contributed by atoms with Crippen LogP contribution in [0.1, 0.15) is 18.9 Å². The van der Waals surface area contributed by atoms with Crippen LogP contribution >= 0.6 is 0 Å². The normalized spacial score (nSPS) is 17.6. The van der Waals surface area contributed by atoms with Gasteiger partial charge < -0.3 is 14.4 Å². The predicted molar refractivity (Wildman–Crippen MR) is 79.7 cm³/mol. The second kappa shape index (κ2) is 6.36. The number of Topliss-reactive ketones (excluding diaryl/α,β-unsaturated/α-hetero) is 1. The molecule has 0 aliphatic carbocycles. The van der Waals surface area contributed by atoms with Crippen LogP contribution in [-0.2, 0) is 16.1 Å². The van der Waals surface area contributed by atoms with Gasteiger partial charge >= 0.3 is 0 Å². The van der Waals surface area contributed by atoms with Crippen LogP contribution in [0.3, 0.4) is 0 Å². The summed E-state index contributed by atoms with van der Waals surface area (Å²) >= 11 is 0. The maximum atomic E-state index is 11.9. The number of rotatable bonds is 4. The molecule has 3 rings (SSSR count). The maximum absolute atomic E-state index is 11.9. The van der Waals surface area contributed by atoms with E-state index < -0.39 is 0 Å². The van der Waals surface area contributed by atoms with E-state index in [1.54, 1.807) is 11.8 Å². The van der Waals surface area contributed by atoms with Crippen molar-refractivity contribution >= 4 is 11.7 Å². The van der Waals surface area contributed by atoms with E-state index in [-0.39, 0.29) is 24.9 Å². The number of ether oxygens (including phenoxy) is 2. The third-order valence-corrected chi connectivity index (χ3v) is 4.09. The molecular weight excluding hydrogens is 284 g/mol. The summed E-state index contributed by atoms with van der Waals surface area (Å²) in [4.78, 5) is 27.3. The van der Waals surface area contributed by atoms with Gasteiger partial charge in [0, 0.05) is 44.7 Å². The molecule has 1 amide bonds. The standard InChI is InChI=1S/C16H20N2O4/c1-2-13(19)16(20)18-8-6-17(7-9-18)10-12-4-3-5-14-15(12)22-11-21-14/h3-5H,2,6-11H2,1H3. The van der Waals surface area contributed by atoms with E-state index >= 15 is 0 Å². The molecule has 2 aliphatic rings. The Labute approximate surface area is 129 Å². The number of para-hydroxylation sites is 1. The quantitative estimate of drug-likeness (QED) is 0.778. The molecule has 0 radical (unpaired) electrons. The first-order chi connectivity index (χ1) is 10.7. The lowest BCUT2D eigenvalue weighted by Gasteiger charge is -2.34. The van der Waals surface area contributed by atoms with E-state index in [0.717, 1.165) is 36.7 Å². The van der Waals surface area contributed by atoms with Gasteiger partial charge in [0.25, 0.3) is 5.91 Å². The lowest BCUT2D eigenvalue weighted by atomic mass is 10.1. The lowest BCUT2D eigenvalue weighted by molar-refractivity contribution is -0.145. The van der Waals surface area contributed by atoms with Gasteiger partial charge in [-0.1, -0.05) is 19.1 Å². The minimum absolute atomic E-state index is 0.270. The number of ketones is 1. The molecule has 0 bridgehead atoms. The summed E-state index contributed by atoms with van der Waals surface area (Å²) in [5.41, 5.74) is 1.10. The fraction of sp³-hybridized carbons (Fsp3) is 0.500. The van der Waals surface area contributed by atoms with Gasteiger partial charge in [0.1, 0.15) is 0 Å². The molecule has 2 heterocycles. The van der Waals surface area contributed by atoms with Gasteiger partial charge in [0.05, 0.1) is 0 Å². The van der Waals surface area contributed by atoms with Crippen LogP contribution in [0, 0.1) is 0 Å². The monoisotopic (exact) mass is 304 g/mol. The van der Waals surface area contributed by atoms with Crippen LogP contribution in [0.4, 0.5) is 0 Å². The Morgan fingerprint density at radius 2 is 1.91 bits per heavy atom. The van der Waals surface area contributed by atoms with Crippen LogP contribution in [0.2, 0.25) is 0 Å². The van der Waals surface area contributed by atoms with E-state index in [2.05, 4.69) is 4.90 Å². The number of carbonyl (C=O) groups is 2. The van der Waals surface area contributed by atoms with Gasteiger partial charge in [0.15, 0.2) is 11.5 Å². The Bertz CT molecular complexity index is 580. The average molecular weight is 304 g/mol. The zero-order valence-electron chi connectivity index (χ0n) is 12.7. The van der Waals surface area contributed by atoms with Crippen molar-refractivity contribution in [1.29, 1.82) is 0 Å². The van der Waals surface area contributed by atoms with Gasteiger partial charge in [-0.05, 0) is 6.07 Å². The molecule has 6 nitrogen and oxygen atoms in total. The maximum Gasteiger partial charge on any atom is 0.290 e. The number of hydrogen-bond acceptors (Lipinski definition) is 5. The van der Waals surface area contributed by atoms with Gasteiger partial charge in [-0.3, -0.25) is 14.5 Å². The zero-order chi connectivity index (χ0) is 15.5. The topological polar surface area (TPSA) is 59.1 Å². The first-order valence-corrected chi connectivity index (χ1v) is 7.61. The van der Waals surface area contributed by atoms with Crippen molar-refractivity contribution in [3.8, 4) is 11.5 Å². The molecule has 2 aliphatic heterocycles. The number of carbonyl (C=O) groups excluding carboxylic acids is 2. The summed E-state index contributed by atoms with van der Waals surface area (Å²) in [6.45, 7) is 5.45. The Morgan fingerprint density at radius 1 is 1.14 bits per heavy atom. The molecule has 0 aromatic heterocycles. The molecule has 0 spiro atoms. The number of nitrogens with zero attached hydrogens (tertiary/aromatic N) is 2. The molecule has 1 fully saturated rings. The van der Waals surface area contributed by atoms with Gasteiger partial charge in [-0.25, -0.2) is 0 Å². The highest BCUT2D eigenvalue weighted by Crippen LogP contribution is 2.35. The van der Waals surface area contributed by atoms with Crippen molar-refractivity contribution in [3.05, 3.63) is 23.8 Å². The molecule has 22 heavy (non-hydrogen) atoms. The summed E-state index contributed by atoms with van der Waals surface area (Å²) < 4.78 is 10.9. The summed E-state index contributed by atoms with van der Waals surface area (Å²) in [7, 11) is 0. The summed E-state index contributed by atoms with van der Waals surface area (Å²) in [6, 6.07) is 5.90. The van der Waals surface area contributed by atoms with E-state index in [1.807, 2.05) is 18.2 Å². The molecule has 0 saturated carbocycles. The third-order valence-electron chi connectivity index (χ3n) is 4.09. The van der Waals surface area contributed by atoms with Crippen molar-refractivity contribution < 1.29 is 19.1 Å². The number of hydrogen-bond donors (Lipinski definition) is 0. The summed E-state index contributed by atoms with van der Waals surface area (Å²) in [5.74, 6) is 0.960. The van der Waals surface area contributed by atoms with Crippen LogP contribution in [0.5, 0.6) is 11.5 Å². The Morgan fingerprint density at radius 3 is 2.64 bits per heavy atom. The highest BCUT2D eigenvalue weighted by Gasteiger charge is 2.26. The Balaban J connectivity index is 1.58. The van der Waals surface area contributed by atoms with Crippen molar-refractivity contribution in [1.82, 2.24) is 9.80 Å². The highest BCUT2D eigenvalue weighted by molar-refractivity contribution is 6.35. The fourth-order valence-corrected chi connectivity index (χ4v) is 2.79. The molecule has 6 heteroatoms. The fourth-order valence-electron chi connectivity index (χ4n) is 2.79. The largest absolute Gasteiger partial charge is 0.454 e. The van der Waals surface area contributed by atoms with Crippen molar-refractivity contribution in [3.63, 3.8) is 0 Å². The third kappa shape index (κ3) is 2.92. The number of fused-ring (bicyclic) bond motifs is 1. The Kier molecular flexibility index (Phi) is 4.29. The van der Waals surface area contributed by atoms with Gasteiger partial charge in [-0.2, -0.15) is 0 Å². The lowest BCUT2D eigenvalue weighted by Crippen LogP contribution is -2.50. The molecule has 1 aromatic rings. The van der Waals surface area contributed by atoms with E-state index in [1.165, 1.54) is 0 Å². The van der Waals surface area contributed by atoms with Crippen LogP contribution in [-0.4, -0.2) is 54.5 Å². The van der Waals surface area contributed by atoms with Crippen molar-refractivity contribution in [2.75, 3.05) is 33.0 Å². The number of benzene rings is 1. The van der Waals surface area contributed by atoms with Gasteiger partial charge in [0.2, 0.25) is 12.6 Å². The van der Waals surface area contributed by atoms with E-state index in [4.69, 9.17) is 9.47 Å². The average Bonchev–Trinajstić information content (AvgIpc) is 3.04. The molecule has 1 aromatic carbocycles. The second-order valence-electron chi connectivity index (χ2n) is 5.50. The zero-order valence-corrected chi connectivity index (χ0v) is 12.7. The smallest absolute Gasteiger partial charge is 0.290 e. The van der Waals surface area contributed by atoms with Crippen molar-refractivity contribution in [2.45, 2.75) is 19.9 Å². The molecule has 0 atom stereocenters. The second-order valence-corrected chi connectivity index (χ2v) is 5.50. The van der Waals surface area contributed by atoms with Gasteiger partial charge in [-0.15, -0.1) is 0 Å². The molecular formula is C16H20N2O4. The first kappa shape index (κ1) is 14.8.